The monoisotopic (exact) mass is 416 g/mol. The molecule has 2 aliphatic heterocycles. The van der Waals surface area contributed by atoms with Crippen LogP contribution in [0.2, 0.25) is 0 Å². The lowest BCUT2D eigenvalue weighted by Crippen LogP contribution is -2.54. The van der Waals surface area contributed by atoms with Gasteiger partial charge in [0.15, 0.2) is 6.73 Å². The van der Waals surface area contributed by atoms with E-state index in [4.69, 9.17) is 9.47 Å². The third-order valence-corrected chi connectivity index (χ3v) is 6.06. The lowest BCUT2D eigenvalue weighted by molar-refractivity contribution is -0.0694. The van der Waals surface area contributed by atoms with E-state index in [1.54, 1.807) is 11.0 Å². The molecule has 1 N–H and O–H groups in total. The molecule has 1 fully saturated rings. The molecule has 0 bridgehead atoms. The molecule has 0 aliphatic carbocycles. The molecule has 3 heterocycles. The first kappa shape index (κ1) is 19.7. The number of benzene rings is 2. The Balaban J connectivity index is 1.55. The van der Waals surface area contributed by atoms with E-state index in [0.717, 1.165) is 27.6 Å². The number of hydrogen-bond donors (Lipinski definition) is 1. The van der Waals surface area contributed by atoms with Crippen molar-refractivity contribution in [3.63, 3.8) is 0 Å². The van der Waals surface area contributed by atoms with E-state index in [-0.39, 0.29) is 12.6 Å². The zero-order valence-electron chi connectivity index (χ0n) is 17.2. The summed E-state index contributed by atoms with van der Waals surface area (Å²) in [6.07, 6.45) is 4.09. The molecular formula is C25H24N2O4. The van der Waals surface area contributed by atoms with Gasteiger partial charge in [-0.15, -0.1) is 0 Å². The number of nitrogens with zero attached hydrogens (tertiary/aromatic N) is 2. The largest absolute Gasteiger partial charge is 0.472 e. The Labute approximate surface area is 180 Å². The van der Waals surface area contributed by atoms with Crippen LogP contribution in [0.1, 0.15) is 33.6 Å². The Bertz CT molecular complexity index is 1140. The molecule has 2 atom stereocenters. The summed E-state index contributed by atoms with van der Waals surface area (Å²) in [5.74, 6) is 0.467. The molecule has 2 aromatic carbocycles. The summed E-state index contributed by atoms with van der Waals surface area (Å²) >= 11 is 0. The summed E-state index contributed by atoms with van der Waals surface area (Å²) < 4.78 is 11.6. The molecule has 1 amide bonds. The standard InChI is InChI=1S/C25H24N2O4/c1-2-18-8-7-16(13-26-18)11-17-12-21-24(20-6-4-3-5-19(17)20)31-15-27(25(21)29)22-14-30-10-9-23(22)28/h2-8,12-13,22-23,28H,1,9-11,14-15H2/t22-,23-/m0/s1. The van der Waals surface area contributed by atoms with Gasteiger partial charge in [0.25, 0.3) is 5.91 Å². The topological polar surface area (TPSA) is 71.9 Å². The fraction of sp³-hybridized carbons (Fsp3) is 0.280. The number of aliphatic hydroxyl groups is 1. The molecule has 0 saturated carbocycles. The second-order valence-electron chi connectivity index (χ2n) is 7.98. The van der Waals surface area contributed by atoms with Crippen molar-refractivity contribution in [2.24, 2.45) is 0 Å². The predicted molar refractivity (Wildman–Crippen MR) is 118 cm³/mol. The van der Waals surface area contributed by atoms with E-state index in [0.29, 0.717) is 37.4 Å². The Morgan fingerprint density at radius 2 is 2.06 bits per heavy atom. The minimum Gasteiger partial charge on any atom is -0.472 e. The van der Waals surface area contributed by atoms with E-state index >= 15 is 0 Å². The van der Waals surface area contributed by atoms with E-state index in [1.165, 1.54) is 0 Å². The summed E-state index contributed by atoms with van der Waals surface area (Å²) in [5.41, 5.74) is 3.43. The number of ether oxygens (including phenoxy) is 2. The highest BCUT2D eigenvalue weighted by molar-refractivity contribution is 6.06. The van der Waals surface area contributed by atoms with Gasteiger partial charge in [0.05, 0.1) is 30.0 Å². The van der Waals surface area contributed by atoms with E-state index in [9.17, 15) is 9.90 Å². The van der Waals surface area contributed by atoms with Crippen LogP contribution in [-0.2, 0) is 11.2 Å². The highest BCUT2D eigenvalue weighted by atomic mass is 16.5. The molecule has 0 radical (unpaired) electrons. The molecule has 2 aliphatic rings. The summed E-state index contributed by atoms with van der Waals surface area (Å²) in [5, 5.41) is 12.4. The Morgan fingerprint density at radius 1 is 1.23 bits per heavy atom. The van der Waals surface area contributed by atoms with Crippen LogP contribution in [0.15, 0.2) is 55.2 Å². The fourth-order valence-corrected chi connectivity index (χ4v) is 4.37. The Kier molecular flexibility index (Phi) is 5.18. The normalized spacial score (nSPS) is 20.9. The van der Waals surface area contributed by atoms with Gasteiger partial charge in [0.2, 0.25) is 0 Å². The second kappa shape index (κ2) is 8.13. The highest BCUT2D eigenvalue weighted by Crippen LogP contribution is 2.37. The molecule has 6 nitrogen and oxygen atoms in total. The van der Waals surface area contributed by atoms with Crippen molar-refractivity contribution in [3.8, 4) is 5.75 Å². The molecule has 0 unspecified atom stereocenters. The molecule has 1 aromatic heterocycles. The second-order valence-corrected chi connectivity index (χ2v) is 7.98. The van der Waals surface area contributed by atoms with Crippen LogP contribution in [0, 0.1) is 0 Å². The van der Waals surface area contributed by atoms with Crippen molar-refractivity contribution in [1.82, 2.24) is 9.88 Å². The molecule has 3 aromatic rings. The van der Waals surface area contributed by atoms with E-state index in [1.807, 2.05) is 42.6 Å². The van der Waals surface area contributed by atoms with Crippen LogP contribution in [0.5, 0.6) is 5.75 Å². The van der Waals surface area contributed by atoms with Crippen LogP contribution >= 0.6 is 0 Å². The van der Waals surface area contributed by atoms with Gasteiger partial charge in [0.1, 0.15) is 5.75 Å². The minimum absolute atomic E-state index is 0.104. The van der Waals surface area contributed by atoms with Crippen LogP contribution in [0.3, 0.4) is 0 Å². The fourth-order valence-electron chi connectivity index (χ4n) is 4.37. The number of aromatic nitrogens is 1. The molecule has 0 spiro atoms. The Morgan fingerprint density at radius 3 is 2.81 bits per heavy atom. The predicted octanol–water partition coefficient (Wildman–Crippen LogP) is 3.41. The average Bonchev–Trinajstić information content (AvgIpc) is 2.81. The third-order valence-electron chi connectivity index (χ3n) is 6.06. The first-order valence-corrected chi connectivity index (χ1v) is 10.5. The Hall–Kier alpha value is -3.22. The van der Waals surface area contributed by atoms with Gasteiger partial charge in [-0.2, -0.15) is 0 Å². The third kappa shape index (κ3) is 3.58. The quantitative estimate of drug-likeness (QED) is 0.706. The number of fused-ring (bicyclic) bond motifs is 3. The molecular weight excluding hydrogens is 392 g/mol. The van der Waals surface area contributed by atoms with Crippen molar-refractivity contribution >= 4 is 22.8 Å². The zero-order chi connectivity index (χ0) is 21.4. The SMILES string of the molecule is C=Cc1ccc(Cc2cc3c(c4ccccc24)OCN([C@H]2COCC[C@@H]2O)C3=O)cn1. The lowest BCUT2D eigenvalue weighted by atomic mass is 9.93. The zero-order valence-corrected chi connectivity index (χ0v) is 17.2. The van der Waals surface area contributed by atoms with Crippen molar-refractivity contribution < 1.29 is 19.4 Å². The number of pyridine rings is 1. The van der Waals surface area contributed by atoms with Crippen molar-refractivity contribution in [2.75, 3.05) is 19.9 Å². The first-order chi connectivity index (χ1) is 15.2. The maximum atomic E-state index is 13.4. The number of amides is 1. The molecule has 6 heteroatoms. The highest BCUT2D eigenvalue weighted by Gasteiger charge is 2.37. The number of carbonyl (C=O) groups is 1. The van der Waals surface area contributed by atoms with Gasteiger partial charge in [0, 0.05) is 18.2 Å². The van der Waals surface area contributed by atoms with Gasteiger partial charge < -0.3 is 14.6 Å². The van der Waals surface area contributed by atoms with Crippen LogP contribution in [0.4, 0.5) is 0 Å². The smallest absolute Gasteiger partial charge is 0.260 e. The van der Waals surface area contributed by atoms with Crippen molar-refractivity contribution in [2.45, 2.75) is 25.0 Å². The maximum absolute atomic E-state index is 13.4. The van der Waals surface area contributed by atoms with E-state index < -0.39 is 12.1 Å². The van der Waals surface area contributed by atoms with Crippen molar-refractivity contribution in [1.29, 1.82) is 0 Å². The van der Waals surface area contributed by atoms with Crippen LogP contribution in [0.25, 0.3) is 16.8 Å². The first-order valence-electron chi connectivity index (χ1n) is 10.5. The summed E-state index contributed by atoms with van der Waals surface area (Å²) in [7, 11) is 0. The number of rotatable bonds is 4. The lowest BCUT2D eigenvalue weighted by Gasteiger charge is -2.39. The summed E-state index contributed by atoms with van der Waals surface area (Å²) in [6, 6.07) is 13.5. The van der Waals surface area contributed by atoms with E-state index in [2.05, 4.69) is 17.6 Å². The van der Waals surface area contributed by atoms with Gasteiger partial charge >= 0.3 is 0 Å². The van der Waals surface area contributed by atoms with Crippen LogP contribution < -0.4 is 4.74 Å². The summed E-state index contributed by atoms with van der Waals surface area (Å²) in [4.78, 5) is 19.4. The minimum atomic E-state index is -0.614. The molecule has 158 valence electrons. The van der Waals surface area contributed by atoms with Crippen molar-refractivity contribution in [3.05, 3.63) is 77.6 Å². The van der Waals surface area contributed by atoms with Gasteiger partial charge in [-0.25, -0.2) is 0 Å². The van der Waals surface area contributed by atoms with Crippen LogP contribution in [-0.4, -0.2) is 53.0 Å². The number of carbonyl (C=O) groups excluding carboxylic acids is 1. The maximum Gasteiger partial charge on any atom is 0.260 e. The number of aliphatic hydroxyl groups excluding tert-OH is 1. The molecule has 1 saturated heterocycles. The molecule has 5 rings (SSSR count). The number of hydrogen-bond acceptors (Lipinski definition) is 5. The van der Waals surface area contributed by atoms with Gasteiger partial charge in [-0.1, -0.05) is 36.9 Å². The van der Waals surface area contributed by atoms with Gasteiger partial charge in [-0.3, -0.25) is 14.7 Å². The van der Waals surface area contributed by atoms with Gasteiger partial charge in [-0.05, 0) is 47.6 Å². The average molecular weight is 416 g/mol. The summed E-state index contributed by atoms with van der Waals surface area (Å²) in [6.45, 7) is 4.67. The molecule has 31 heavy (non-hydrogen) atoms.